The first-order valence-corrected chi connectivity index (χ1v) is 9.20. The third-order valence-electron chi connectivity index (χ3n) is 5.58. The van der Waals surface area contributed by atoms with Gasteiger partial charge in [-0.1, -0.05) is 0 Å². The second-order valence-electron chi connectivity index (χ2n) is 7.62. The lowest BCUT2D eigenvalue weighted by Gasteiger charge is -2.40. The predicted molar refractivity (Wildman–Crippen MR) is 96.9 cm³/mol. The Balaban J connectivity index is 1.48. The van der Waals surface area contributed by atoms with Crippen molar-refractivity contribution in [2.75, 3.05) is 0 Å². The van der Waals surface area contributed by atoms with Crippen LogP contribution in [0.4, 0.5) is 0 Å². The summed E-state index contributed by atoms with van der Waals surface area (Å²) in [4.78, 5) is 41.6. The van der Waals surface area contributed by atoms with Crippen LogP contribution < -0.4 is 10.6 Å². The summed E-state index contributed by atoms with van der Waals surface area (Å²) in [6, 6.07) is 1.68. The van der Waals surface area contributed by atoms with E-state index in [4.69, 9.17) is 0 Å². The van der Waals surface area contributed by atoms with Gasteiger partial charge in [-0.2, -0.15) is 0 Å². The average Bonchev–Trinajstić information content (AvgIpc) is 2.92. The normalized spacial score (nSPS) is 26.4. The maximum absolute atomic E-state index is 12.7. The zero-order valence-electron chi connectivity index (χ0n) is 15.2. The summed E-state index contributed by atoms with van der Waals surface area (Å²) >= 11 is 0. The Morgan fingerprint density at radius 3 is 2.30 bits per heavy atom. The van der Waals surface area contributed by atoms with Gasteiger partial charge in [0.05, 0.1) is 11.9 Å². The van der Waals surface area contributed by atoms with Gasteiger partial charge in [0.2, 0.25) is 5.82 Å². The molecule has 4 rings (SSSR count). The molecule has 8 nitrogen and oxygen atoms in total. The van der Waals surface area contributed by atoms with Gasteiger partial charge in [0.25, 0.3) is 11.8 Å². The Hall–Kier alpha value is -2.90. The molecule has 2 bridgehead atoms. The number of amides is 2. The van der Waals surface area contributed by atoms with Crippen molar-refractivity contribution in [3.05, 3.63) is 48.1 Å². The van der Waals surface area contributed by atoms with Gasteiger partial charge in [-0.25, -0.2) is 15.0 Å². The first-order chi connectivity index (χ1) is 13.0. The second-order valence-corrected chi connectivity index (χ2v) is 7.62. The van der Waals surface area contributed by atoms with E-state index in [9.17, 15) is 9.59 Å². The molecule has 0 aliphatic heterocycles. The van der Waals surface area contributed by atoms with E-state index < -0.39 is 0 Å². The summed E-state index contributed by atoms with van der Waals surface area (Å²) in [7, 11) is 0. The van der Waals surface area contributed by atoms with E-state index in [1.165, 1.54) is 6.20 Å². The van der Waals surface area contributed by atoms with Crippen molar-refractivity contribution >= 4 is 11.8 Å². The standard InChI is InChI=1S/C19H22N6O2/c1-13-10-20-11-14(23-13)16(26)24-18-4-2-5-19(12-18,7-6-18)25-17(27)15-21-8-3-9-22-15/h3,8-11H,2,4-7,12H2,1H3,(H,24,26)(H,25,27). The molecule has 2 aliphatic rings. The van der Waals surface area contributed by atoms with Gasteiger partial charge in [-0.05, 0) is 51.5 Å². The Kier molecular flexibility index (Phi) is 4.33. The summed E-state index contributed by atoms with van der Waals surface area (Å²) in [6.45, 7) is 1.81. The van der Waals surface area contributed by atoms with E-state index >= 15 is 0 Å². The summed E-state index contributed by atoms with van der Waals surface area (Å²) in [5.41, 5.74) is 0.403. The molecule has 0 saturated heterocycles. The van der Waals surface area contributed by atoms with Crippen molar-refractivity contribution in [3.63, 3.8) is 0 Å². The number of fused-ring (bicyclic) bond motifs is 2. The SMILES string of the molecule is Cc1cncc(C(=O)NC23CCCC(NC(=O)c4ncccn4)(CC2)C3)n1. The second kappa shape index (κ2) is 6.68. The summed E-state index contributed by atoms with van der Waals surface area (Å²) in [6.07, 6.45) is 11.3. The van der Waals surface area contributed by atoms with E-state index in [2.05, 4.69) is 30.6 Å². The minimum Gasteiger partial charge on any atom is -0.345 e. The molecule has 2 heterocycles. The molecule has 0 aromatic carbocycles. The highest BCUT2D eigenvalue weighted by Gasteiger charge is 2.52. The van der Waals surface area contributed by atoms with Crippen molar-refractivity contribution in [3.8, 4) is 0 Å². The quantitative estimate of drug-likeness (QED) is 0.850. The Morgan fingerprint density at radius 2 is 1.63 bits per heavy atom. The van der Waals surface area contributed by atoms with E-state index in [-0.39, 0.29) is 28.7 Å². The van der Waals surface area contributed by atoms with Gasteiger partial charge >= 0.3 is 0 Å². The lowest BCUT2D eigenvalue weighted by molar-refractivity contribution is 0.0823. The summed E-state index contributed by atoms with van der Waals surface area (Å²) < 4.78 is 0. The molecule has 27 heavy (non-hydrogen) atoms. The average molecular weight is 366 g/mol. The number of hydrogen-bond acceptors (Lipinski definition) is 6. The van der Waals surface area contributed by atoms with Crippen LogP contribution in [-0.4, -0.2) is 42.8 Å². The van der Waals surface area contributed by atoms with Gasteiger partial charge in [-0.15, -0.1) is 0 Å². The van der Waals surface area contributed by atoms with Gasteiger partial charge < -0.3 is 10.6 Å². The van der Waals surface area contributed by atoms with Crippen molar-refractivity contribution in [1.82, 2.24) is 30.6 Å². The van der Waals surface area contributed by atoms with Crippen LogP contribution in [0.3, 0.4) is 0 Å². The van der Waals surface area contributed by atoms with Crippen molar-refractivity contribution in [1.29, 1.82) is 0 Å². The molecule has 2 aromatic rings. The lowest BCUT2D eigenvalue weighted by Crippen LogP contribution is -2.55. The largest absolute Gasteiger partial charge is 0.345 e. The lowest BCUT2D eigenvalue weighted by atomic mass is 9.78. The third kappa shape index (κ3) is 3.51. The fraction of sp³-hybridized carbons (Fsp3) is 0.474. The molecule has 0 spiro atoms. The molecule has 0 radical (unpaired) electrons. The smallest absolute Gasteiger partial charge is 0.289 e. The summed E-state index contributed by atoms with van der Waals surface area (Å²) in [5.74, 6) is -0.292. The number of nitrogens with zero attached hydrogens (tertiary/aromatic N) is 4. The number of carbonyl (C=O) groups excluding carboxylic acids is 2. The van der Waals surface area contributed by atoms with Crippen molar-refractivity contribution in [2.45, 2.75) is 56.5 Å². The first kappa shape index (κ1) is 17.5. The van der Waals surface area contributed by atoms with Gasteiger partial charge in [0, 0.05) is 29.7 Å². The number of nitrogens with one attached hydrogen (secondary N) is 2. The van der Waals surface area contributed by atoms with Crippen LogP contribution in [-0.2, 0) is 0 Å². The molecule has 140 valence electrons. The van der Waals surface area contributed by atoms with E-state index in [1.807, 2.05) is 6.92 Å². The minimum absolute atomic E-state index is 0.175. The van der Waals surface area contributed by atoms with Gasteiger partial charge in [0.15, 0.2) is 0 Å². The highest BCUT2D eigenvalue weighted by molar-refractivity contribution is 5.93. The molecule has 2 unspecified atom stereocenters. The first-order valence-electron chi connectivity index (χ1n) is 9.20. The molecule has 2 amide bonds. The highest BCUT2D eigenvalue weighted by atomic mass is 16.2. The zero-order valence-corrected chi connectivity index (χ0v) is 15.2. The highest BCUT2D eigenvalue weighted by Crippen LogP contribution is 2.48. The van der Waals surface area contributed by atoms with Crippen LogP contribution in [0.2, 0.25) is 0 Å². The van der Waals surface area contributed by atoms with Crippen LogP contribution in [0.25, 0.3) is 0 Å². The monoisotopic (exact) mass is 366 g/mol. The van der Waals surface area contributed by atoms with E-state index in [0.717, 1.165) is 32.1 Å². The fourth-order valence-electron chi connectivity index (χ4n) is 4.42. The Bertz CT molecular complexity index is 874. The Labute approximate surface area is 157 Å². The molecule has 2 atom stereocenters. The van der Waals surface area contributed by atoms with Gasteiger partial charge in [-0.3, -0.25) is 14.6 Å². The van der Waals surface area contributed by atoms with Crippen molar-refractivity contribution in [2.24, 2.45) is 0 Å². The zero-order chi connectivity index (χ0) is 18.9. The number of aromatic nitrogens is 4. The van der Waals surface area contributed by atoms with E-state index in [1.54, 1.807) is 24.7 Å². The summed E-state index contributed by atoms with van der Waals surface area (Å²) in [5, 5.41) is 6.32. The molecule has 2 fully saturated rings. The van der Waals surface area contributed by atoms with Crippen molar-refractivity contribution < 1.29 is 9.59 Å². The van der Waals surface area contributed by atoms with Crippen LogP contribution in [0.1, 0.15) is 65.3 Å². The minimum atomic E-state index is -0.319. The predicted octanol–water partition coefficient (Wildman–Crippen LogP) is 1.58. The number of carbonyl (C=O) groups is 2. The molecule has 2 N–H and O–H groups in total. The van der Waals surface area contributed by atoms with Crippen LogP contribution in [0.15, 0.2) is 30.9 Å². The van der Waals surface area contributed by atoms with E-state index in [0.29, 0.717) is 17.8 Å². The Morgan fingerprint density at radius 1 is 0.963 bits per heavy atom. The number of hydrogen-bond donors (Lipinski definition) is 2. The topological polar surface area (TPSA) is 110 Å². The van der Waals surface area contributed by atoms with Gasteiger partial charge in [0.1, 0.15) is 5.69 Å². The van der Waals surface area contributed by atoms with Crippen LogP contribution in [0, 0.1) is 6.92 Å². The number of aryl methyl sites for hydroxylation is 1. The van der Waals surface area contributed by atoms with Crippen LogP contribution >= 0.6 is 0 Å². The fourth-order valence-corrected chi connectivity index (χ4v) is 4.42. The molecule has 8 heteroatoms. The number of rotatable bonds is 4. The molecule has 2 aromatic heterocycles. The van der Waals surface area contributed by atoms with Crippen LogP contribution in [0.5, 0.6) is 0 Å². The third-order valence-corrected chi connectivity index (χ3v) is 5.58. The molecular weight excluding hydrogens is 344 g/mol. The maximum atomic E-state index is 12.7. The molecule has 2 aliphatic carbocycles. The molecule has 2 saturated carbocycles. The maximum Gasteiger partial charge on any atom is 0.289 e. The molecular formula is C19H22N6O2.